The Morgan fingerprint density at radius 3 is 2.61 bits per heavy atom. The summed E-state index contributed by atoms with van der Waals surface area (Å²) in [7, 11) is 0. The van der Waals surface area contributed by atoms with Crippen molar-refractivity contribution >= 4 is 46.9 Å². The van der Waals surface area contributed by atoms with E-state index in [0.717, 1.165) is 0 Å². The van der Waals surface area contributed by atoms with Gasteiger partial charge in [0.05, 0.1) is 17.9 Å². The Bertz CT molecular complexity index is 1290. The number of rotatable bonds is 6. The molecule has 0 unspecified atom stereocenters. The van der Waals surface area contributed by atoms with E-state index in [1.807, 2.05) is 6.92 Å². The van der Waals surface area contributed by atoms with Crippen LogP contribution in [-0.2, 0) is 9.59 Å². The molecule has 2 aromatic carbocycles. The summed E-state index contributed by atoms with van der Waals surface area (Å²) in [5.74, 6) is -0.951. The first-order chi connectivity index (χ1) is 15.9. The van der Waals surface area contributed by atoms with E-state index in [0.29, 0.717) is 29.4 Å². The van der Waals surface area contributed by atoms with Crippen LogP contribution in [0.25, 0.3) is 17.4 Å². The summed E-state index contributed by atoms with van der Waals surface area (Å²) in [6.45, 7) is 2.31. The maximum Gasteiger partial charge on any atom is 0.335 e. The normalized spacial score (nSPS) is 15.0. The van der Waals surface area contributed by atoms with Gasteiger partial charge in [0.2, 0.25) is 0 Å². The Morgan fingerprint density at radius 2 is 1.91 bits per heavy atom. The van der Waals surface area contributed by atoms with E-state index in [-0.39, 0.29) is 22.0 Å². The van der Waals surface area contributed by atoms with Gasteiger partial charge in [0.25, 0.3) is 11.8 Å². The first kappa shape index (κ1) is 22.0. The van der Waals surface area contributed by atoms with E-state index in [1.165, 1.54) is 23.1 Å². The third-order valence-electron chi connectivity index (χ3n) is 4.82. The van der Waals surface area contributed by atoms with Crippen LogP contribution < -0.4 is 15.0 Å². The smallest absolute Gasteiger partial charge is 0.335 e. The lowest BCUT2D eigenvalue weighted by Crippen LogP contribution is -2.54. The van der Waals surface area contributed by atoms with E-state index in [2.05, 4.69) is 5.32 Å². The lowest BCUT2D eigenvalue weighted by Gasteiger charge is -2.29. The molecule has 4 rings (SSSR count). The average Bonchev–Trinajstić information content (AvgIpc) is 3.26. The molecule has 0 spiro atoms. The van der Waals surface area contributed by atoms with Crippen molar-refractivity contribution in [3.05, 3.63) is 77.6 Å². The monoisotopic (exact) mass is 462 g/mol. The molecule has 3 aromatic rings. The molecule has 1 fully saturated rings. The van der Waals surface area contributed by atoms with Crippen LogP contribution in [-0.4, -0.2) is 34.6 Å². The zero-order valence-corrected chi connectivity index (χ0v) is 18.2. The van der Waals surface area contributed by atoms with Crippen molar-refractivity contribution in [2.24, 2.45) is 0 Å². The van der Waals surface area contributed by atoms with E-state index in [4.69, 9.17) is 26.5 Å². The van der Waals surface area contributed by atoms with Crippen molar-refractivity contribution < 1.29 is 28.6 Å². The van der Waals surface area contributed by atoms with Gasteiger partial charge in [-0.05, 0) is 61.6 Å². The third kappa shape index (κ3) is 4.53. The molecule has 0 aliphatic carbocycles. The Balaban J connectivity index is 1.63. The van der Waals surface area contributed by atoms with Gasteiger partial charge < -0.3 is 14.3 Å². The zero-order chi connectivity index (χ0) is 23.5. The van der Waals surface area contributed by atoms with Gasteiger partial charge in [0.15, 0.2) is 5.11 Å². The number of aromatic carboxylic acids is 1. The predicted molar refractivity (Wildman–Crippen MR) is 125 cm³/mol. The molecule has 1 aliphatic rings. The highest BCUT2D eigenvalue weighted by Crippen LogP contribution is 2.27. The van der Waals surface area contributed by atoms with Crippen molar-refractivity contribution in [2.75, 3.05) is 11.5 Å². The Kier molecular flexibility index (Phi) is 6.05. The molecule has 0 radical (unpaired) electrons. The van der Waals surface area contributed by atoms with Crippen LogP contribution in [0.15, 0.2) is 70.7 Å². The van der Waals surface area contributed by atoms with Crippen molar-refractivity contribution in [1.29, 1.82) is 0 Å². The first-order valence-corrected chi connectivity index (χ1v) is 10.4. The maximum absolute atomic E-state index is 13.2. The van der Waals surface area contributed by atoms with Crippen LogP contribution in [0.5, 0.6) is 5.75 Å². The molecule has 33 heavy (non-hydrogen) atoms. The summed E-state index contributed by atoms with van der Waals surface area (Å²) < 4.78 is 11.2. The Hall–Kier alpha value is -4.24. The van der Waals surface area contributed by atoms with Crippen molar-refractivity contribution in [3.8, 4) is 17.1 Å². The molecular formula is C24H18N2O6S. The Labute approximate surface area is 194 Å². The third-order valence-corrected chi connectivity index (χ3v) is 5.10. The molecule has 2 N–H and O–H groups in total. The summed E-state index contributed by atoms with van der Waals surface area (Å²) in [4.78, 5) is 37.9. The molecule has 1 aliphatic heterocycles. The summed E-state index contributed by atoms with van der Waals surface area (Å²) >= 11 is 5.23. The quantitative estimate of drug-likeness (QED) is 0.325. The lowest BCUT2D eigenvalue weighted by atomic mass is 10.1. The van der Waals surface area contributed by atoms with Gasteiger partial charge in [-0.2, -0.15) is 0 Å². The number of carbonyl (C=O) groups excluding carboxylic acids is 2. The molecular weight excluding hydrogens is 444 g/mol. The molecule has 9 heteroatoms. The number of nitrogens with one attached hydrogen (secondary N) is 1. The highest BCUT2D eigenvalue weighted by molar-refractivity contribution is 7.80. The summed E-state index contributed by atoms with van der Waals surface area (Å²) in [6.07, 6.45) is 1.34. The number of anilines is 1. The minimum atomic E-state index is -1.03. The predicted octanol–water partition coefficient (Wildman–Crippen LogP) is 3.87. The van der Waals surface area contributed by atoms with Crippen molar-refractivity contribution in [3.63, 3.8) is 0 Å². The fraction of sp³-hybridized carbons (Fsp3) is 0.0833. The summed E-state index contributed by atoms with van der Waals surface area (Å²) in [6, 6.07) is 16.3. The highest BCUT2D eigenvalue weighted by atomic mass is 32.1. The molecule has 1 saturated heterocycles. The second-order valence-electron chi connectivity index (χ2n) is 6.97. The van der Waals surface area contributed by atoms with Gasteiger partial charge in [-0.3, -0.25) is 19.8 Å². The molecule has 2 heterocycles. The van der Waals surface area contributed by atoms with Gasteiger partial charge in [0.1, 0.15) is 22.8 Å². The van der Waals surface area contributed by atoms with Crippen LogP contribution in [0.4, 0.5) is 5.69 Å². The zero-order valence-electron chi connectivity index (χ0n) is 17.4. The first-order valence-electron chi connectivity index (χ1n) is 9.95. The van der Waals surface area contributed by atoms with E-state index >= 15 is 0 Å². The number of carbonyl (C=O) groups is 3. The van der Waals surface area contributed by atoms with E-state index < -0.39 is 17.8 Å². The average molecular weight is 462 g/mol. The second kappa shape index (κ2) is 9.09. The van der Waals surface area contributed by atoms with Gasteiger partial charge in [0, 0.05) is 11.6 Å². The fourth-order valence-electron chi connectivity index (χ4n) is 3.28. The van der Waals surface area contributed by atoms with Crippen LogP contribution >= 0.6 is 12.2 Å². The standard InChI is InChI=1S/C24H18N2O6S/c1-2-31-17-5-3-4-16(12-17)26-22(28)19(21(27)25-24(26)33)13-18-10-11-20(32-18)14-6-8-15(9-7-14)23(29)30/h3-13H,2H2,1H3,(H,29,30)(H,25,27,33)/b19-13-. The maximum atomic E-state index is 13.2. The summed E-state index contributed by atoms with van der Waals surface area (Å²) in [5, 5.41) is 11.5. The van der Waals surface area contributed by atoms with Crippen LogP contribution in [0, 0.1) is 0 Å². The molecule has 2 amide bonds. The number of amides is 2. The highest BCUT2D eigenvalue weighted by Gasteiger charge is 2.35. The molecule has 1 aromatic heterocycles. The number of thiocarbonyl (C=S) groups is 1. The molecule has 0 atom stereocenters. The van der Waals surface area contributed by atoms with Crippen LogP contribution in [0.1, 0.15) is 23.0 Å². The van der Waals surface area contributed by atoms with Crippen molar-refractivity contribution in [2.45, 2.75) is 6.92 Å². The number of hydrogen-bond donors (Lipinski definition) is 2. The minimum absolute atomic E-state index is 0.0329. The molecule has 8 nitrogen and oxygen atoms in total. The van der Waals surface area contributed by atoms with Gasteiger partial charge in [-0.1, -0.05) is 18.2 Å². The van der Waals surface area contributed by atoms with Crippen LogP contribution in [0.2, 0.25) is 0 Å². The van der Waals surface area contributed by atoms with Gasteiger partial charge in [-0.15, -0.1) is 0 Å². The fourth-order valence-corrected chi connectivity index (χ4v) is 3.56. The molecule has 166 valence electrons. The number of nitrogens with zero attached hydrogens (tertiary/aromatic N) is 1. The number of hydrogen-bond acceptors (Lipinski definition) is 6. The van der Waals surface area contributed by atoms with Gasteiger partial charge >= 0.3 is 5.97 Å². The van der Waals surface area contributed by atoms with E-state index in [1.54, 1.807) is 48.5 Å². The number of furan rings is 1. The SMILES string of the molecule is CCOc1cccc(N2C(=O)/C(=C\c3ccc(-c4ccc(C(=O)O)cc4)o3)C(=O)NC2=S)c1. The Morgan fingerprint density at radius 1 is 1.15 bits per heavy atom. The number of carboxylic acid groups (broad SMARTS) is 1. The number of benzene rings is 2. The lowest BCUT2D eigenvalue weighted by molar-refractivity contribution is -0.122. The second-order valence-corrected chi connectivity index (χ2v) is 7.36. The topological polar surface area (TPSA) is 109 Å². The van der Waals surface area contributed by atoms with Crippen molar-refractivity contribution in [1.82, 2.24) is 5.32 Å². The number of carboxylic acids is 1. The largest absolute Gasteiger partial charge is 0.494 e. The minimum Gasteiger partial charge on any atom is -0.494 e. The molecule has 0 bridgehead atoms. The summed E-state index contributed by atoms with van der Waals surface area (Å²) in [5.41, 5.74) is 1.12. The van der Waals surface area contributed by atoms with Gasteiger partial charge in [-0.25, -0.2) is 4.79 Å². The van der Waals surface area contributed by atoms with Crippen LogP contribution in [0.3, 0.4) is 0 Å². The van der Waals surface area contributed by atoms with E-state index in [9.17, 15) is 14.4 Å². The molecule has 0 saturated carbocycles. The number of ether oxygens (including phenoxy) is 1.